The lowest BCUT2D eigenvalue weighted by molar-refractivity contribution is -0.112. The topological polar surface area (TPSA) is 61.4 Å². The third-order valence-corrected chi connectivity index (χ3v) is 6.97. The van der Waals surface area contributed by atoms with Crippen molar-refractivity contribution in [1.29, 1.82) is 0 Å². The molecule has 2 aliphatic rings. The van der Waals surface area contributed by atoms with Crippen LogP contribution in [0.1, 0.15) is 35.7 Å². The maximum absolute atomic E-state index is 12.6. The molecule has 0 aromatic heterocycles. The van der Waals surface area contributed by atoms with Crippen LogP contribution in [0.2, 0.25) is 5.02 Å². The van der Waals surface area contributed by atoms with Crippen LogP contribution >= 0.6 is 23.4 Å². The molecule has 2 heterocycles. The van der Waals surface area contributed by atoms with Crippen molar-refractivity contribution >= 4 is 46.9 Å². The van der Waals surface area contributed by atoms with E-state index in [0.29, 0.717) is 33.8 Å². The number of hydrogen-bond donors (Lipinski definition) is 2. The minimum absolute atomic E-state index is 0.114. The molecule has 0 saturated carbocycles. The lowest BCUT2D eigenvalue weighted by Crippen LogP contribution is -2.40. The number of halogens is 1. The number of benzene rings is 2. The zero-order valence-corrected chi connectivity index (χ0v) is 18.4. The summed E-state index contributed by atoms with van der Waals surface area (Å²) < 4.78 is 0. The smallest absolute Gasteiger partial charge is 0.262 e. The van der Waals surface area contributed by atoms with Crippen molar-refractivity contribution in [1.82, 2.24) is 10.2 Å². The summed E-state index contributed by atoms with van der Waals surface area (Å²) >= 11 is 7.59. The molecule has 2 amide bonds. The maximum Gasteiger partial charge on any atom is 0.262 e. The number of amides is 2. The Hall–Kier alpha value is -2.28. The number of likely N-dealkylation sites (N-methyl/N-ethyl adjacent to an activating group) is 1. The Labute approximate surface area is 185 Å². The number of thioether (sulfide) groups is 1. The van der Waals surface area contributed by atoms with Gasteiger partial charge in [-0.3, -0.25) is 14.5 Å². The van der Waals surface area contributed by atoms with Crippen molar-refractivity contribution < 1.29 is 9.59 Å². The SMILES string of the molecule is CCN1CCCC1CNC(=O)c1ccc2c(c1)NC(=O)/C(=C\c1ccccc1Cl)S2. The van der Waals surface area contributed by atoms with E-state index in [-0.39, 0.29) is 11.8 Å². The summed E-state index contributed by atoms with van der Waals surface area (Å²) in [6.07, 6.45) is 4.08. The van der Waals surface area contributed by atoms with Crippen LogP contribution in [0.4, 0.5) is 5.69 Å². The number of nitrogens with zero attached hydrogens (tertiary/aromatic N) is 1. The highest BCUT2D eigenvalue weighted by Gasteiger charge is 2.25. The van der Waals surface area contributed by atoms with Crippen molar-refractivity contribution in [2.24, 2.45) is 0 Å². The highest BCUT2D eigenvalue weighted by Crippen LogP contribution is 2.39. The van der Waals surface area contributed by atoms with Gasteiger partial charge in [0.15, 0.2) is 0 Å². The van der Waals surface area contributed by atoms with Gasteiger partial charge in [0.1, 0.15) is 0 Å². The van der Waals surface area contributed by atoms with E-state index in [1.54, 1.807) is 24.3 Å². The van der Waals surface area contributed by atoms with Crippen LogP contribution < -0.4 is 10.6 Å². The minimum Gasteiger partial charge on any atom is -0.350 e. The zero-order chi connectivity index (χ0) is 21.1. The second-order valence-corrected chi connectivity index (χ2v) is 8.92. The second-order valence-electron chi connectivity index (χ2n) is 7.43. The lowest BCUT2D eigenvalue weighted by Gasteiger charge is -2.23. The first-order valence-electron chi connectivity index (χ1n) is 10.2. The van der Waals surface area contributed by atoms with Gasteiger partial charge in [-0.1, -0.05) is 48.5 Å². The molecule has 156 valence electrons. The molecule has 2 N–H and O–H groups in total. The van der Waals surface area contributed by atoms with Gasteiger partial charge in [0.2, 0.25) is 0 Å². The van der Waals surface area contributed by atoms with Crippen LogP contribution in [-0.2, 0) is 4.79 Å². The zero-order valence-electron chi connectivity index (χ0n) is 16.8. The average Bonchev–Trinajstić information content (AvgIpc) is 3.21. The number of hydrogen-bond acceptors (Lipinski definition) is 4. The van der Waals surface area contributed by atoms with Gasteiger partial charge in [-0.05, 0) is 61.8 Å². The van der Waals surface area contributed by atoms with Crippen molar-refractivity contribution in [3.8, 4) is 0 Å². The van der Waals surface area contributed by atoms with Crippen molar-refractivity contribution in [3.05, 3.63) is 63.5 Å². The summed E-state index contributed by atoms with van der Waals surface area (Å²) in [4.78, 5) is 29.1. The number of carbonyl (C=O) groups excluding carboxylic acids is 2. The molecule has 5 nitrogen and oxygen atoms in total. The van der Waals surface area contributed by atoms with Crippen molar-refractivity contribution in [2.45, 2.75) is 30.7 Å². The van der Waals surface area contributed by atoms with Crippen LogP contribution in [-0.4, -0.2) is 42.4 Å². The van der Waals surface area contributed by atoms with Gasteiger partial charge in [0, 0.05) is 28.1 Å². The Morgan fingerprint density at radius 1 is 1.33 bits per heavy atom. The molecule has 2 aromatic carbocycles. The van der Waals surface area contributed by atoms with E-state index in [1.807, 2.05) is 24.3 Å². The second kappa shape index (κ2) is 9.25. The molecule has 4 rings (SSSR count). The minimum atomic E-state index is -0.200. The van der Waals surface area contributed by atoms with Gasteiger partial charge in [0.05, 0.1) is 10.6 Å². The molecule has 0 spiro atoms. The number of nitrogens with one attached hydrogen (secondary N) is 2. The van der Waals surface area contributed by atoms with Gasteiger partial charge in [0.25, 0.3) is 11.8 Å². The molecule has 7 heteroatoms. The largest absolute Gasteiger partial charge is 0.350 e. The Morgan fingerprint density at radius 2 is 2.17 bits per heavy atom. The predicted octanol–water partition coefficient (Wildman–Crippen LogP) is 4.64. The number of fused-ring (bicyclic) bond motifs is 1. The predicted molar refractivity (Wildman–Crippen MR) is 123 cm³/mol. The highest BCUT2D eigenvalue weighted by molar-refractivity contribution is 8.04. The van der Waals surface area contributed by atoms with Crippen LogP contribution in [0.3, 0.4) is 0 Å². The molecular weight excluding hydrogens is 418 g/mol. The lowest BCUT2D eigenvalue weighted by atomic mass is 10.1. The van der Waals surface area contributed by atoms with Crippen molar-refractivity contribution in [2.75, 3.05) is 25.0 Å². The summed E-state index contributed by atoms with van der Waals surface area (Å²) in [6.45, 7) is 4.91. The first kappa shape index (κ1) is 21.0. The van der Waals surface area contributed by atoms with E-state index in [1.165, 1.54) is 18.2 Å². The highest BCUT2D eigenvalue weighted by atomic mass is 35.5. The normalized spacial score (nSPS) is 20.1. The number of anilines is 1. The molecule has 1 fully saturated rings. The standard InChI is InChI=1S/C23H24ClN3O2S/c1-2-27-11-5-7-17(27)14-25-22(28)16-9-10-20-19(12-16)26-23(29)21(30-20)13-15-6-3-4-8-18(15)24/h3-4,6,8-10,12-13,17H,2,5,7,11,14H2,1H3,(H,25,28)(H,26,29)/b21-13+. The number of rotatable bonds is 5. The van der Waals surface area contributed by atoms with Gasteiger partial charge >= 0.3 is 0 Å². The number of carbonyl (C=O) groups is 2. The number of likely N-dealkylation sites (tertiary alicyclic amines) is 1. The average molecular weight is 442 g/mol. The molecule has 0 aliphatic carbocycles. The first-order valence-corrected chi connectivity index (χ1v) is 11.4. The molecule has 1 unspecified atom stereocenters. The van der Waals surface area contributed by atoms with Crippen LogP contribution in [0.25, 0.3) is 6.08 Å². The van der Waals surface area contributed by atoms with E-state index in [0.717, 1.165) is 30.0 Å². The molecule has 0 bridgehead atoms. The maximum atomic E-state index is 12.6. The monoisotopic (exact) mass is 441 g/mol. The Bertz CT molecular complexity index is 1010. The van der Waals surface area contributed by atoms with E-state index in [2.05, 4.69) is 22.5 Å². The summed E-state index contributed by atoms with van der Waals surface area (Å²) in [6, 6.07) is 13.2. The summed E-state index contributed by atoms with van der Waals surface area (Å²) in [5.74, 6) is -0.313. The molecule has 2 aromatic rings. The van der Waals surface area contributed by atoms with Gasteiger partial charge in [-0.15, -0.1) is 0 Å². The Balaban J connectivity index is 1.46. The first-order chi connectivity index (χ1) is 14.5. The van der Waals surface area contributed by atoms with E-state index < -0.39 is 0 Å². The van der Waals surface area contributed by atoms with Gasteiger partial charge in [-0.25, -0.2) is 0 Å². The van der Waals surface area contributed by atoms with Crippen molar-refractivity contribution in [3.63, 3.8) is 0 Å². The van der Waals surface area contributed by atoms with Gasteiger partial charge in [-0.2, -0.15) is 0 Å². The summed E-state index contributed by atoms with van der Waals surface area (Å²) in [5, 5.41) is 6.54. The summed E-state index contributed by atoms with van der Waals surface area (Å²) in [5.41, 5.74) is 2.00. The Kier molecular flexibility index (Phi) is 6.46. The van der Waals surface area contributed by atoms with E-state index in [9.17, 15) is 9.59 Å². The fourth-order valence-electron chi connectivity index (χ4n) is 3.89. The van der Waals surface area contributed by atoms with E-state index in [4.69, 9.17) is 11.6 Å². The van der Waals surface area contributed by atoms with E-state index >= 15 is 0 Å². The Morgan fingerprint density at radius 3 is 2.97 bits per heavy atom. The molecule has 1 atom stereocenters. The van der Waals surface area contributed by atoms with Gasteiger partial charge < -0.3 is 10.6 Å². The molecule has 1 saturated heterocycles. The summed E-state index contributed by atoms with van der Waals surface area (Å²) in [7, 11) is 0. The fraction of sp³-hybridized carbons (Fsp3) is 0.304. The fourth-order valence-corrected chi connectivity index (χ4v) is 5.00. The third-order valence-electron chi connectivity index (χ3n) is 5.53. The third kappa shape index (κ3) is 4.56. The van der Waals surface area contributed by atoms with Crippen LogP contribution in [0.5, 0.6) is 0 Å². The molecule has 30 heavy (non-hydrogen) atoms. The molecular formula is C23H24ClN3O2S. The van der Waals surface area contributed by atoms with Crippen LogP contribution in [0.15, 0.2) is 52.3 Å². The molecule has 2 aliphatic heterocycles. The molecule has 0 radical (unpaired) electrons. The quantitative estimate of drug-likeness (QED) is 0.663. The van der Waals surface area contributed by atoms with Crippen LogP contribution in [0, 0.1) is 0 Å².